The van der Waals surface area contributed by atoms with Crippen LogP contribution in [0.15, 0.2) is 70.4 Å². The first-order chi connectivity index (χ1) is 19.6. The van der Waals surface area contributed by atoms with Gasteiger partial charge < -0.3 is 23.7 Å². The Kier molecular flexibility index (Phi) is 6.81. The molecule has 1 amide bonds. The molecule has 6 rings (SSSR count). The molecule has 0 saturated carbocycles. The highest BCUT2D eigenvalue weighted by molar-refractivity contribution is 5.99. The molecule has 0 unspecified atom stereocenters. The lowest BCUT2D eigenvalue weighted by Crippen LogP contribution is -2.39. The van der Waals surface area contributed by atoms with E-state index in [1.54, 1.807) is 34.9 Å². The molecule has 5 aromatic rings. The number of hydrogen-bond acceptors (Lipinski definition) is 6. The molecular formula is C28H25F4N7O2. The van der Waals surface area contributed by atoms with Crippen LogP contribution in [-0.4, -0.2) is 68.1 Å². The number of nitrogens with one attached hydrogen (secondary N) is 1. The molecular weight excluding hydrogens is 542 g/mol. The fraction of sp³-hybridized carbons (Fsp3) is 0.286. The molecule has 1 aromatic carbocycles. The van der Waals surface area contributed by atoms with E-state index in [0.717, 1.165) is 10.1 Å². The molecule has 1 aliphatic rings. The van der Waals surface area contributed by atoms with Crippen molar-refractivity contribution in [2.75, 3.05) is 20.1 Å². The molecule has 41 heavy (non-hydrogen) atoms. The van der Waals surface area contributed by atoms with E-state index >= 15 is 0 Å². The summed E-state index contributed by atoms with van der Waals surface area (Å²) in [7, 11) is 1.82. The number of carbonyl (C=O) groups excluding carboxylic acids is 1. The fourth-order valence-electron chi connectivity index (χ4n) is 4.98. The number of carbonyl (C=O) groups is 1. The van der Waals surface area contributed by atoms with Gasteiger partial charge in [-0.15, -0.1) is 0 Å². The molecule has 0 radical (unpaired) electrons. The monoisotopic (exact) mass is 567 g/mol. The van der Waals surface area contributed by atoms with Gasteiger partial charge in [-0.05, 0) is 43.4 Å². The van der Waals surface area contributed by atoms with Crippen LogP contribution < -0.4 is 5.32 Å². The molecule has 1 aliphatic heterocycles. The van der Waals surface area contributed by atoms with Crippen molar-refractivity contribution in [3.8, 4) is 11.5 Å². The maximum atomic E-state index is 14.7. The summed E-state index contributed by atoms with van der Waals surface area (Å²) in [6.07, 6.45) is -1.89. The fourth-order valence-corrected chi connectivity index (χ4v) is 4.98. The molecule has 1 saturated heterocycles. The average Bonchev–Trinajstić information content (AvgIpc) is 3.66. The normalized spacial score (nSPS) is 17.6. The summed E-state index contributed by atoms with van der Waals surface area (Å²) >= 11 is 0. The van der Waals surface area contributed by atoms with Gasteiger partial charge in [0.2, 0.25) is 11.7 Å². The Hall–Kier alpha value is -4.52. The van der Waals surface area contributed by atoms with Crippen molar-refractivity contribution in [3.05, 3.63) is 72.4 Å². The number of rotatable bonds is 6. The van der Waals surface area contributed by atoms with Gasteiger partial charge in [0.25, 0.3) is 5.91 Å². The van der Waals surface area contributed by atoms with Gasteiger partial charge in [-0.3, -0.25) is 9.79 Å². The van der Waals surface area contributed by atoms with Gasteiger partial charge in [-0.2, -0.15) is 18.2 Å². The van der Waals surface area contributed by atoms with Crippen molar-refractivity contribution >= 4 is 33.7 Å². The Bertz CT molecular complexity index is 1740. The van der Waals surface area contributed by atoms with Gasteiger partial charge in [-0.25, -0.2) is 4.39 Å². The van der Waals surface area contributed by atoms with Crippen molar-refractivity contribution in [1.82, 2.24) is 29.3 Å². The number of aromatic nitrogens is 4. The second kappa shape index (κ2) is 10.5. The van der Waals surface area contributed by atoms with E-state index in [9.17, 15) is 22.4 Å². The highest BCUT2D eigenvalue weighted by Crippen LogP contribution is 2.35. The third-order valence-electron chi connectivity index (χ3n) is 6.97. The van der Waals surface area contributed by atoms with Crippen molar-refractivity contribution in [2.24, 2.45) is 4.99 Å². The molecule has 1 atom stereocenters. The summed E-state index contributed by atoms with van der Waals surface area (Å²) in [6, 6.07) is 13.6. The van der Waals surface area contributed by atoms with Crippen LogP contribution in [0.25, 0.3) is 27.9 Å². The second-order valence-electron chi connectivity index (χ2n) is 9.98. The van der Waals surface area contributed by atoms with Crippen LogP contribution in [0.5, 0.6) is 0 Å². The predicted molar refractivity (Wildman–Crippen MR) is 144 cm³/mol. The Balaban J connectivity index is 1.29. The summed E-state index contributed by atoms with van der Waals surface area (Å²) in [5.74, 6) is -0.429. The first kappa shape index (κ1) is 26.7. The lowest BCUT2D eigenvalue weighted by Gasteiger charge is -2.26. The molecule has 9 nitrogen and oxygen atoms in total. The van der Waals surface area contributed by atoms with Crippen molar-refractivity contribution in [3.63, 3.8) is 0 Å². The second-order valence-corrected chi connectivity index (χ2v) is 9.98. The van der Waals surface area contributed by atoms with Gasteiger partial charge in [0.15, 0.2) is 6.17 Å². The standard InChI is InChI=1S/C28H25F4N7O2/c1-37-10-8-22(20(29)15-37)34-21-6-4-7-23-19(21)12-24(39(23)16-28(30,31)32)26-35-25(41-36-26)13-33-27(40)17-11-18-5-2-3-9-38(18)14-17/h2-7,9,11-12,14,20H,8,10,13,15-16H2,1H3,(H,33,40)/b34-22+/t20-/m0/s1. The Morgan fingerprint density at radius 1 is 1.20 bits per heavy atom. The van der Waals surface area contributed by atoms with Gasteiger partial charge >= 0.3 is 6.18 Å². The largest absolute Gasteiger partial charge is 0.406 e. The highest BCUT2D eigenvalue weighted by atomic mass is 19.4. The molecule has 212 valence electrons. The van der Waals surface area contributed by atoms with Crippen LogP contribution in [-0.2, 0) is 13.1 Å². The van der Waals surface area contributed by atoms with Gasteiger partial charge in [0.05, 0.1) is 34.7 Å². The van der Waals surface area contributed by atoms with E-state index < -0.39 is 18.9 Å². The number of nitrogens with zero attached hydrogens (tertiary/aromatic N) is 6. The SMILES string of the molecule is CN1CC/C(=N\c2cccc3c2cc(-c2noc(CNC(=O)c4cc5ccccn5c4)n2)n3CC(F)(F)F)[C@@H](F)C1. The van der Waals surface area contributed by atoms with E-state index in [1.165, 1.54) is 6.07 Å². The minimum Gasteiger partial charge on any atom is -0.343 e. The summed E-state index contributed by atoms with van der Waals surface area (Å²) in [5, 5.41) is 6.99. The Morgan fingerprint density at radius 2 is 2.05 bits per heavy atom. The Morgan fingerprint density at radius 3 is 2.83 bits per heavy atom. The number of hydrogen-bond donors (Lipinski definition) is 1. The van der Waals surface area contributed by atoms with Crippen LogP contribution in [0.4, 0.5) is 23.2 Å². The zero-order chi connectivity index (χ0) is 28.7. The number of benzene rings is 1. The molecule has 1 N–H and O–H groups in total. The molecule has 5 heterocycles. The van der Waals surface area contributed by atoms with Crippen molar-refractivity contribution in [1.29, 1.82) is 0 Å². The number of halogens is 4. The number of aliphatic imine (C=N–C) groups is 1. The summed E-state index contributed by atoms with van der Waals surface area (Å²) in [6.45, 7) is -0.578. The highest BCUT2D eigenvalue weighted by Gasteiger charge is 2.31. The van der Waals surface area contributed by atoms with Crippen LogP contribution in [0, 0.1) is 0 Å². The molecule has 0 spiro atoms. The maximum Gasteiger partial charge on any atom is 0.406 e. The lowest BCUT2D eigenvalue weighted by molar-refractivity contribution is -0.139. The smallest absolute Gasteiger partial charge is 0.343 e. The summed E-state index contributed by atoms with van der Waals surface area (Å²) in [4.78, 5) is 23.3. The van der Waals surface area contributed by atoms with E-state index in [2.05, 4.69) is 20.4 Å². The van der Waals surface area contributed by atoms with E-state index in [1.807, 2.05) is 36.3 Å². The number of pyridine rings is 1. The van der Waals surface area contributed by atoms with Crippen LogP contribution >= 0.6 is 0 Å². The van der Waals surface area contributed by atoms with Gasteiger partial charge in [0.1, 0.15) is 6.54 Å². The quantitative estimate of drug-likeness (QED) is 0.286. The van der Waals surface area contributed by atoms with E-state index in [0.29, 0.717) is 35.3 Å². The van der Waals surface area contributed by atoms with Crippen LogP contribution in [0.2, 0.25) is 0 Å². The zero-order valence-corrected chi connectivity index (χ0v) is 21.9. The molecule has 13 heteroatoms. The number of fused-ring (bicyclic) bond motifs is 2. The van der Waals surface area contributed by atoms with Gasteiger partial charge in [0, 0.05) is 42.8 Å². The Labute approximate surface area is 231 Å². The van der Waals surface area contributed by atoms with Crippen molar-refractivity contribution < 1.29 is 26.9 Å². The minimum atomic E-state index is -4.54. The third-order valence-corrected chi connectivity index (χ3v) is 6.97. The van der Waals surface area contributed by atoms with Crippen molar-refractivity contribution in [2.45, 2.75) is 31.9 Å². The third kappa shape index (κ3) is 5.57. The topological polar surface area (TPSA) is 93.0 Å². The number of piperidine rings is 1. The number of likely N-dealkylation sites (tertiary alicyclic amines) is 1. The first-order valence-electron chi connectivity index (χ1n) is 12.9. The molecule has 0 aliphatic carbocycles. The lowest BCUT2D eigenvalue weighted by atomic mass is 10.1. The first-order valence-corrected chi connectivity index (χ1v) is 12.9. The van der Waals surface area contributed by atoms with Crippen LogP contribution in [0.1, 0.15) is 22.7 Å². The van der Waals surface area contributed by atoms with E-state index in [-0.39, 0.29) is 41.9 Å². The van der Waals surface area contributed by atoms with Gasteiger partial charge in [-0.1, -0.05) is 17.3 Å². The number of alkyl halides is 4. The molecule has 1 fully saturated rings. The number of amides is 1. The summed E-state index contributed by atoms with van der Waals surface area (Å²) < 4.78 is 63.7. The minimum absolute atomic E-state index is 0.0213. The zero-order valence-electron chi connectivity index (χ0n) is 21.9. The molecule has 0 bridgehead atoms. The van der Waals surface area contributed by atoms with E-state index in [4.69, 9.17) is 4.52 Å². The maximum absolute atomic E-state index is 14.7. The van der Waals surface area contributed by atoms with Crippen LogP contribution in [0.3, 0.4) is 0 Å². The summed E-state index contributed by atoms with van der Waals surface area (Å²) in [5.41, 5.74) is 2.30. The predicted octanol–water partition coefficient (Wildman–Crippen LogP) is 5.18. The molecule has 4 aromatic heterocycles. The average molecular weight is 568 g/mol.